The highest BCUT2D eigenvalue weighted by Gasteiger charge is 2.48. The minimum Gasteiger partial charge on any atom is -0.143 e. The van der Waals surface area contributed by atoms with Gasteiger partial charge in [-0.15, -0.1) is 25.3 Å². The third kappa shape index (κ3) is 3.38. The average molecular weight is 467 g/mol. The lowest BCUT2D eigenvalue weighted by atomic mass is 9.63. The molecule has 1 aliphatic rings. The van der Waals surface area contributed by atoms with E-state index in [9.17, 15) is 0 Å². The molecule has 0 nitrogen and oxygen atoms in total. The molecular formula is C31H30S2. The second-order valence-corrected chi connectivity index (χ2v) is 10.7. The van der Waals surface area contributed by atoms with Gasteiger partial charge in [-0.2, -0.15) is 0 Å². The van der Waals surface area contributed by atoms with Gasteiger partial charge in [0.1, 0.15) is 0 Å². The fraction of sp³-hybridized carbons (Fsp3) is 0.226. The molecule has 166 valence electrons. The van der Waals surface area contributed by atoms with Gasteiger partial charge < -0.3 is 0 Å². The van der Waals surface area contributed by atoms with Crippen molar-refractivity contribution >= 4 is 25.3 Å². The molecule has 0 atom stereocenters. The van der Waals surface area contributed by atoms with Crippen LogP contribution in [0.15, 0.2) is 94.7 Å². The molecule has 33 heavy (non-hydrogen) atoms. The lowest BCUT2D eigenvalue weighted by molar-refractivity contribution is 0.702. The Morgan fingerprint density at radius 2 is 0.909 bits per heavy atom. The Labute approximate surface area is 208 Å². The molecule has 0 fully saturated rings. The SMILES string of the molecule is CC(C)c1cc(S)ccc1C1(c2ccc(S)cc2C(C)C)c2ccccc2-c2ccccc21. The third-order valence-corrected chi connectivity index (χ3v) is 7.63. The Morgan fingerprint density at radius 1 is 0.515 bits per heavy atom. The van der Waals surface area contributed by atoms with E-state index in [1.54, 1.807) is 0 Å². The van der Waals surface area contributed by atoms with Crippen molar-refractivity contribution in [2.45, 2.75) is 54.7 Å². The van der Waals surface area contributed by atoms with Crippen LogP contribution in [0.5, 0.6) is 0 Å². The first-order chi connectivity index (χ1) is 15.9. The lowest BCUT2D eigenvalue weighted by Crippen LogP contribution is -2.31. The Bertz CT molecular complexity index is 1240. The molecule has 0 bridgehead atoms. The second kappa shape index (κ2) is 8.42. The maximum Gasteiger partial charge on any atom is 0.0719 e. The van der Waals surface area contributed by atoms with Crippen LogP contribution in [0.2, 0.25) is 0 Å². The van der Waals surface area contributed by atoms with Crippen LogP contribution in [0.3, 0.4) is 0 Å². The van der Waals surface area contributed by atoms with Gasteiger partial charge in [0.25, 0.3) is 0 Å². The first-order valence-electron chi connectivity index (χ1n) is 11.7. The first kappa shape index (κ1) is 22.4. The molecular weight excluding hydrogens is 436 g/mol. The van der Waals surface area contributed by atoms with Crippen molar-refractivity contribution in [3.05, 3.63) is 118 Å². The van der Waals surface area contributed by atoms with E-state index in [0.717, 1.165) is 9.79 Å². The predicted molar refractivity (Wildman–Crippen MR) is 146 cm³/mol. The van der Waals surface area contributed by atoms with E-state index >= 15 is 0 Å². The van der Waals surface area contributed by atoms with E-state index in [1.165, 1.54) is 44.5 Å². The van der Waals surface area contributed by atoms with Gasteiger partial charge >= 0.3 is 0 Å². The van der Waals surface area contributed by atoms with Crippen LogP contribution in [0, 0.1) is 0 Å². The number of benzene rings is 4. The molecule has 4 aromatic rings. The minimum absolute atomic E-state index is 0.371. The first-order valence-corrected chi connectivity index (χ1v) is 12.6. The zero-order valence-electron chi connectivity index (χ0n) is 19.6. The summed E-state index contributed by atoms with van der Waals surface area (Å²) >= 11 is 9.44. The molecule has 5 rings (SSSR count). The van der Waals surface area contributed by atoms with Crippen molar-refractivity contribution in [1.29, 1.82) is 0 Å². The van der Waals surface area contributed by atoms with Crippen LogP contribution < -0.4 is 0 Å². The quantitative estimate of drug-likeness (QED) is 0.243. The van der Waals surface area contributed by atoms with Gasteiger partial charge in [0, 0.05) is 9.79 Å². The predicted octanol–water partition coefficient (Wildman–Crippen LogP) is 8.87. The number of hydrogen-bond donors (Lipinski definition) is 2. The Hall–Kier alpha value is -2.42. The van der Waals surface area contributed by atoms with Crippen LogP contribution in [0.1, 0.15) is 72.9 Å². The van der Waals surface area contributed by atoms with Crippen molar-refractivity contribution < 1.29 is 0 Å². The van der Waals surface area contributed by atoms with E-state index in [0.29, 0.717) is 11.8 Å². The molecule has 0 radical (unpaired) electrons. The molecule has 0 spiro atoms. The third-order valence-electron chi connectivity index (χ3n) is 7.07. The summed E-state index contributed by atoms with van der Waals surface area (Å²) < 4.78 is 0. The molecule has 4 aromatic carbocycles. The monoisotopic (exact) mass is 466 g/mol. The highest BCUT2D eigenvalue weighted by molar-refractivity contribution is 7.80. The molecule has 1 aliphatic carbocycles. The summed E-state index contributed by atoms with van der Waals surface area (Å²) in [5.74, 6) is 0.742. The van der Waals surface area contributed by atoms with Gasteiger partial charge in [-0.25, -0.2) is 0 Å². The van der Waals surface area contributed by atoms with E-state index in [2.05, 4.69) is 113 Å². The van der Waals surface area contributed by atoms with E-state index in [-0.39, 0.29) is 0 Å². The largest absolute Gasteiger partial charge is 0.143 e. The number of rotatable bonds is 4. The van der Waals surface area contributed by atoms with Gasteiger partial charge in [-0.3, -0.25) is 0 Å². The topological polar surface area (TPSA) is 0 Å². The van der Waals surface area contributed by atoms with Crippen LogP contribution in [0.4, 0.5) is 0 Å². The van der Waals surface area contributed by atoms with Crippen molar-refractivity contribution in [2.75, 3.05) is 0 Å². The molecule has 0 heterocycles. The minimum atomic E-state index is -0.394. The van der Waals surface area contributed by atoms with E-state index < -0.39 is 5.41 Å². The summed E-state index contributed by atoms with van der Waals surface area (Å²) in [4.78, 5) is 2.01. The molecule has 0 amide bonds. The van der Waals surface area contributed by atoms with Crippen LogP contribution in [0.25, 0.3) is 11.1 Å². The van der Waals surface area contributed by atoms with Gasteiger partial charge in [0.05, 0.1) is 5.41 Å². The van der Waals surface area contributed by atoms with E-state index in [4.69, 9.17) is 25.3 Å². The fourth-order valence-corrected chi connectivity index (χ4v) is 6.13. The Balaban J connectivity index is 2.03. The molecule has 0 saturated carbocycles. The Morgan fingerprint density at radius 3 is 1.30 bits per heavy atom. The summed E-state index contributed by atoms with van der Waals surface area (Å²) in [5.41, 5.74) is 10.3. The zero-order chi connectivity index (χ0) is 23.3. The van der Waals surface area contributed by atoms with Crippen LogP contribution >= 0.6 is 25.3 Å². The molecule has 0 aromatic heterocycles. The lowest BCUT2D eigenvalue weighted by Gasteiger charge is -2.38. The number of thiol groups is 2. The maximum atomic E-state index is 4.72. The number of fused-ring (bicyclic) bond motifs is 3. The van der Waals surface area contributed by atoms with E-state index in [1.807, 2.05) is 0 Å². The van der Waals surface area contributed by atoms with Crippen molar-refractivity contribution in [2.24, 2.45) is 0 Å². The van der Waals surface area contributed by atoms with Gasteiger partial charge in [0.2, 0.25) is 0 Å². The smallest absolute Gasteiger partial charge is 0.0719 e. The molecule has 2 heteroatoms. The van der Waals surface area contributed by atoms with Crippen molar-refractivity contribution in [3.8, 4) is 11.1 Å². The zero-order valence-corrected chi connectivity index (χ0v) is 21.4. The normalized spacial score (nSPS) is 13.9. The highest BCUT2D eigenvalue weighted by Crippen LogP contribution is 2.58. The highest BCUT2D eigenvalue weighted by atomic mass is 32.1. The van der Waals surface area contributed by atoms with Gasteiger partial charge in [0.15, 0.2) is 0 Å². The van der Waals surface area contributed by atoms with Crippen molar-refractivity contribution in [1.82, 2.24) is 0 Å². The number of hydrogen-bond acceptors (Lipinski definition) is 2. The summed E-state index contributed by atoms with van der Waals surface area (Å²) in [6.07, 6.45) is 0. The van der Waals surface area contributed by atoms with Crippen LogP contribution in [-0.4, -0.2) is 0 Å². The molecule has 0 N–H and O–H groups in total. The van der Waals surface area contributed by atoms with Gasteiger partial charge in [-0.1, -0.05) is 88.4 Å². The van der Waals surface area contributed by atoms with Crippen LogP contribution in [-0.2, 0) is 5.41 Å². The summed E-state index contributed by atoms with van der Waals surface area (Å²) in [6, 6.07) is 31.3. The summed E-state index contributed by atoms with van der Waals surface area (Å²) in [5, 5.41) is 0. The average Bonchev–Trinajstić information content (AvgIpc) is 3.10. The molecule has 0 unspecified atom stereocenters. The Kier molecular flexibility index (Phi) is 5.71. The summed E-state index contributed by atoms with van der Waals surface area (Å²) in [7, 11) is 0. The second-order valence-electron chi connectivity index (χ2n) is 9.69. The fourth-order valence-electron chi connectivity index (χ4n) is 5.70. The molecule has 0 saturated heterocycles. The van der Waals surface area contributed by atoms with Crippen molar-refractivity contribution in [3.63, 3.8) is 0 Å². The maximum absolute atomic E-state index is 4.72. The molecule has 0 aliphatic heterocycles. The summed E-state index contributed by atoms with van der Waals surface area (Å²) in [6.45, 7) is 9.14. The van der Waals surface area contributed by atoms with Gasteiger partial charge in [-0.05, 0) is 80.6 Å². The standard InChI is InChI=1S/C31H30S2/c1-19(2)25-17-21(32)13-15-29(25)31(30-16-14-22(33)18-26(30)20(3)4)27-11-7-5-9-23(27)24-10-6-8-12-28(24)31/h5-20,32-33H,1-4H3.